The Kier molecular flexibility index (Phi) is 8.00. The van der Waals surface area contributed by atoms with Gasteiger partial charge in [-0.1, -0.05) is 59.7 Å². The summed E-state index contributed by atoms with van der Waals surface area (Å²) >= 11 is 0. The van der Waals surface area contributed by atoms with Crippen molar-refractivity contribution in [3.63, 3.8) is 0 Å². The molecule has 3 aromatic heterocycles. The van der Waals surface area contributed by atoms with Gasteiger partial charge in [0.05, 0.1) is 0 Å². The van der Waals surface area contributed by atoms with Crippen molar-refractivity contribution >= 4 is 7.25 Å². The smallest absolute Gasteiger partial charge is 0.418 e. The molecule has 2 aromatic carbocycles. The fourth-order valence-corrected chi connectivity index (χ4v) is 4.07. The molecule has 3 heterocycles. The van der Waals surface area contributed by atoms with Crippen LogP contribution in [0, 0.1) is 20.8 Å². The zero-order valence-electron chi connectivity index (χ0n) is 21.2. The molecule has 192 valence electrons. The van der Waals surface area contributed by atoms with Crippen molar-refractivity contribution in [1.82, 2.24) is 9.97 Å². The van der Waals surface area contributed by atoms with E-state index in [1.165, 1.54) is 16.7 Å². The fourth-order valence-electron chi connectivity index (χ4n) is 4.07. The summed E-state index contributed by atoms with van der Waals surface area (Å²) in [5.74, 6) is 0.905. The van der Waals surface area contributed by atoms with Gasteiger partial charge in [0.1, 0.15) is 17.6 Å². The highest BCUT2D eigenvalue weighted by molar-refractivity contribution is 6.50. The summed E-state index contributed by atoms with van der Waals surface area (Å²) in [4.78, 5) is 8.98. The lowest BCUT2D eigenvalue weighted by Gasteiger charge is -2.15. The molecule has 0 saturated carbocycles. The summed E-state index contributed by atoms with van der Waals surface area (Å²) in [5, 5.41) is 0. The maximum absolute atomic E-state index is 9.75. The number of halogens is 4. The van der Waals surface area contributed by atoms with Gasteiger partial charge in [0, 0.05) is 29.6 Å². The van der Waals surface area contributed by atoms with E-state index in [2.05, 4.69) is 109 Å². The second-order valence-corrected chi connectivity index (χ2v) is 9.00. The molecule has 5 rings (SSSR count). The van der Waals surface area contributed by atoms with Crippen LogP contribution >= 0.6 is 0 Å². The van der Waals surface area contributed by atoms with Gasteiger partial charge in [-0.3, -0.25) is 4.98 Å². The minimum Gasteiger partial charge on any atom is -0.418 e. The fraction of sp³-hybridized carbons (Fsp3) is 0.100. The summed E-state index contributed by atoms with van der Waals surface area (Å²) in [6, 6.07) is 30.2. The molecular weight excluding hydrogens is 489 g/mol. The summed E-state index contributed by atoms with van der Waals surface area (Å²) < 4.78 is 41.3. The van der Waals surface area contributed by atoms with Gasteiger partial charge in [0.25, 0.3) is 0 Å². The second kappa shape index (κ2) is 11.4. The first-order valence-corrected chi connectivity index (χ1v) is 12.0. The molecular formula is C30H26BF4N3. The molecule has 0 N–H and O–H groups in total. The van der Waals surface area contributed by atoms with E-state index < -0.39 is 7.25 Å². The number of aromatic nitrogens is 3. The molecule has 0 unspecified atom stereocenters. The highest BCUT2D eigenvalue weighted by Crippen LogP contribution is 2.30. The monoisotopic (exact) mass is 515 g/mol. The van der Waals surface area contributed by atoms with E-state index in [1.54, 1.807) is 0 Å². The van der Waals surface area contributed by atoms with E-state index in [9.17, 15) is 17.3 Å². The van der Waals surface area contributed by atoms with Gasteiger partial charge in [-0.15, -0.1) is 0 Å². The SMILES string of the molecule is Cc1ccc(-c2cc(-c3ccncc3)cc(-c3ccc(C)cc3)[n+]2-c2cc(C)ccn2)cc1.F[B-](F)(F)F. The molecule has 5 aromatic rings. The van der Waals surface area contributed by atoms with Crippen LogP contribution in [0.4, 0.5) is 17.3 Å². The second-order valence-electron chi connectivity index (χ2n) is 9.00. The molecule has 8 heteroatoms. The Bertz CT molecular complexity index is 1450. The van der Waals surface area contributed by atoms with Crippen LogP contribution in [0.1, 0.15) is 16.7 Å². The van der Waals surface area contributed by atoms with Crippen molar-refractivity contribution in [1.29, 1.82) is 0 Å². The van der Waals surface area contributed by atoms with Gasteiger partial charge < -0.3 is 17.3 Å². The van der Waals surface area contributed by atoms with E-state index in [0.29, 0.717) is 0 Å². The Morgan fingerprint density at radius 2 is 1.00 bits per heavy atom. The predicted octanol–water partition coefficient (Wildman–Crippen LogP) is 7.98. The molecule has 0 amide bonds. The van der Waals surface area contributed by atoms with Crippen LogP contribution in [-0.2, 0) is 0 Å². The number of nitrogens with zero attached hydrogens (tertiary/aromatic N) is 3. The first kappa shape index (κ1) is 26.7. The van der Waals surface area contributed by atoms with Crippen LogP contribution < -0.4 is 4.57 Å². The Balaban J connectivity index is 0.000000617. The third-order valence-electron chi connectivity index (χ3n) is 5.90. The molecule has 0 spiro atoms. The summed E-state index contributed by atoms with van der Waals surface area (Å²) in [6.45, 7) is 6.34. The van der Waals surface area contributed by atoms with Crippen molar-refractivity contribution < 1.29 is 21.8 Å². The van der Waals surface area contributed by atoms with E-state index >= 15 is 0 Å². The summed E-state index contributed by atoms with van der Waals surface area (Å²) in [5.41, 5.74) is 10.4. The lowest BCUT2D eigenvalue weighted by molar-refractivity contribution is -0.576. The van der Waals surface area contributed by atoms with Crippen LogP contribution in [0.5, 0.6) is 0 Å². The van der Waals surface area contributed by atoms with Crippen molar-refractivity contribution in [2.75, 3.05) is 0 Å². The minimum absolute atomic E-state index is 0.905. The molecule has 38 heavy (non-hydrogen) atoms. The van der Waals surface area contributed by atoms with Gasteiger partial charge in [-0.25, -0.2) is 0 Å². The third kappa shape index (κ3) is 6.91. The van der Waals surface area contributed by atoms with E-state index in [1.807, 2.05) is 24.7 Å². The molecule has 0 fully saturated rings. The number of rotatable bonds is 4. The lowest BCUT2D eigenvalue weighted by Crippen LogP contribution is -2.37. The molecule has 0 aliphatic carbocycles. The van der Waals surface area contributed by atoms with Crippen LogP contribution in [0.3, 0.4) is 0 Å². The maximum atomic E-state index is 9.75. The quantitative estimate of drug-likeness (QED) is 0.138. The average molecular weight is 515 g/mol. The predicted molar refractivity (Wildman–Crippen MR) is 144 cm³/mol. The third-order valence-corrected chi connectivity index (χ3v) is 5.90. The first-order chi connectivity index (χ1) is 18.1. The van der Waals surface area contributed by atoms with Gasteiger partial charge in [-0.2, -0.15) is 4.57 Å². The lowest BCUT2D eigenvalue weighted by atomic mass is 9.98. The topological polar surface area (TPSA) is 29.7 Å². The molecule has 0 aliphatic rings. The van der Waals surface area contributed by atoms with Crippen LogP contribution in [0.25, 0.3) is 39.5 Å². The summed E-state index contributed by atoms with van der Waals surface area (Å²) in [6.07, 6.45) is 5.57. The van der Waals surface area contributed by atoms with Crippen LogP contribution in [0.15, 0.2) is 104 Å². The van der Waals surface area contributed by atoms with E-state index in [-0.39, 0.29) is 0 Å². The Labute approximate surface area is 219 Å². The Morgan fingerprint density at radius 1 is 0.526 bits per heavy atom. The summed E-state index contributed by atoms with van der Waals surface area (Å²) in [7, 11) is -6.00. The number of hydrogen-bond donors (Lipinski definition) is 0. The number of aryl methyl sites for hydroxylation is 3. The van der Waals surface area contributed by atoms with E-state index in [4.69, 9.17) is 4.98 Å². The minimum atomic E-state index is -6.00. The zero-order chi connectivity index (χ0) is 27.3. The molecule has 3 nitrogen and oxygen atoms in total. The number of hydrogen-bond acceptors (Lipinski definition) is 2. The molecule has 0 aliphatic heterocycles. The van der Waals surface area contributed by atoms with Gasteiger partial charge in [0.15, 0.2) is 0 Å². The van der Waals surface area contributed by atoms with Gasteiger partial charge >= 0.3 is 13.1 Å². The number of pyridine rings is 3. The zero-order valence-corrected chi connectivity index (χ0v) is 21.2. The maximum Gasteiger partial charge on any atom is 0.673 e. The van der Waals surface area contributed by atoms with Crippen LogP contribution in [-0.4, -0.2) is 17.2 Å². The van der Waals surface area contributed by atoms with Gasteiger partial charge in [-0.05, 0) is 72.8 Å². The highest BCUT2D eigenvalue weighted by atomic mass is 19.5. The molecule has 0 saturated heterocycles. The van der Waals surface area contributed by atoms with Gasteiger partial charge in [0.2, 0.25) is 0 Å². The highest BCUT2D eigenvalue weighted by Gasteiger charge is 2.23. The Morgan fingerprint density at radius 3 is 1.45 bits per heavy atom. The van der Waals surface area contributed by atoms with Crippen LogP contribution in [0.2, 0.25) is 0 Å². The first-order valence-electron chi connectivity index (χ1n) is 12.0. The standard InChI is InChI=1S/C30H26N3.BF4/c1-21-4-8-25(9-5-21)28-19-27(24-13-15-31-16-14-24)20-29(26-10-6-22(2)7-11-26)33(28)30-18-23(3)12-17-32-30;2-1(3,4)5/h4-20H,1-3H3;/q+1;-1. The molecule has 0 bridgehead atoms. The van der Waals surface area contributed by atoms with Crippen molar-refractivity contribution in [3.05, 3.63) is 120 Å². The largest absolute Gasteiger partial charge is 0.673 e. The van der Waals surface area contributed by atoms with Crippen molar-refractivity contribution in [2.45, 2.75) is 20.8 Å². The van der Waals surface area contributed by atoms with E-state index in [0.717, 1.165) is 39.5 Å². The number of benzene rings is 2. The normalized spacial score (nSPS) is 11.0. The van der Waals surface area contributed by atoms with Crippen molar-refractivity contribution in [3.8, 4) is 39.5 Å². The average Bonchev–Trinajstić information content (AvgIpc) is 2.88. The molecule has 0 atom stereocenters. The Hall–Kier alpha value is -4.33. The van der Waals surface area contributed by atoms with Crippen molar-refractivity contribution in [2.24, 2.45) is 0 Å². The molecule has 0 radical (unpaired) electrons.